The normalized spacial score (nSPS) is 40.2. The number of hydrogen-bond acceptors (Lipinski definition) is 4. The highest BCUT2D eigenvalue weighted by Crippen LogP contribution is 2.41. The predicted molar refractivity (Wildman–Crippen MR) is 70.6 cm³/mol. The molecule has 2 aliphatic heterocycles. The summed E-state index contributed by atoms with van der Waals surface area (Å²) in [5.74, 6) is -0.00994. The molecule has 5 heteroatoms. The van der Waals surface area contributed by atoms with Gasteiger partial charge in [0.15, 0.2) is 6.29 Å². The average Bonchev–Trinajstić information content (AvgIpc) is 2.79. The molecule has 4 nitrogen and oxygen atoms in total. The van der Waals surface area contributed by atoms with Gasteiger partial charge in [0.05, 0.1) is 24.0 Å². The largest absolute Gasteiger partial charge is 0.360 e. The molecule has 0 aromatic heterocycles. The lowest BCUT2D eigenvalue weighted by Gasteiger charge is -2.40. The van der Waals surface area contributed by atoms with Gasteiger partial charge in [0.1, 0.15) is 11.4 Å². The predicted octanol–water partition coefficient (Wildman–Crippen LogP) is 1.92. The second-order valence-electron chi connectivity index (χ2n) is 4.94. The number of alkyl halides is 1. The zero-order chi connectivity index (χ0) is 13.3. The van der Waals surface area contributed by atoms with Crippen molar-refractivity contribution in [3.8, 4) is 0 Å². The summed E-state index contributed by atoms with van der Waals surface area (Å²) in [4.78, 5) is 12.2. The Morgan fingerprint density at radius 1 is 1.56 bits per heavy atom. The Balaban J connectivity index is 2.07. The minimum Gasteiger partial charge on any atom is -0.360 e. The van der Waals surface area contributed by atoms with E-state index in [4.69, 9.17) is 14.2 Å². The van der Waals surface area contributed by atoms with Crippen molar-refractivity contribution in [1.29, 1.82) is 0 Å². The van der Waals surface area contributed by atoms with Gasteiger partial charge in [0.2, 0.25) is 0 Å². The van der Waals surface area contributed by atoms with Crippen LogP contribution in [0.25, 0.3) is 0 Å². The van der Waals surface area contributed by atoms with Crippen LogP contribution in [0.5, 0.6) is 0 Å². The van der Waals surface area contributed by atoms with E-state index < -0.39 is 5.60 Å². The van der Waals surface area contributed by atoms with E-state index in [2.05, 4.69) is 15.9 Å². The monoisotopic (exact) mass is 318 g/mol. The lowest BCUT2D eigenvalue weighted by molar-refractivity contribution is -0.192. The highest BCUT2D eigenvalue weighted by Gasteiger charge is 2.52. The first-order chi connectivity index (χ1) is 8.54. The number of carbonyl (C=O) groups is 1. The van der Waals surface area contributed by atoms with Crippen LogP contribution >= 0.6 is 15.9 Å². The van der Waals surface area contributed by atoms with Crippen LogP contribution < -0.4 is 0 Å². The Labute approximate surface area is 116 Å². The van der Waals surface area contributed by atoms with Crippen molar-refractivity contribution in [2.24, 2.45) is 11.8 Å². The molecule has 18 heavy (non-hydrogen) atoms. The number of methoxy groups -OCH3 is 1. The third kappa shape index (κ3) is 2.29. The van der Waals surface area contributed by atoms with Gasteiger partial charge in [-0.15, -0.1) is 0 Å². The van der Waals surface area contributed by atoms with E-state index in [1.54, 1.807) is 7.11 Å². The molecule has 0 saturated carbocycles. The molecular weight excluding hydrogens is 300 g/mol. The molecule has 0 aromatic rings. The molecule has 0 N–H and O–H groups in total. The van der Waals surface area contributed by atoms with Crippen molar-refractivity contribution < 1.29 is 19.0 Å². The quantitative estimate of drug-likeness (QED) is 0.441. The van der Waals surface area contributed by atoms with Gasteiger partial charge in [-0.1, -0.05) is 41.9 Å². The number of rotatable bonds is 5. The number of halogens is 1. The molecule has 0 radical (unpaired) electrons. The fourth-order valence-electron chi connectivity index (χ4n) is 2.51. The van der Waals surface area contributed by atoms with Crippen LogP contribution in [0.3, 0.4) is 0 Å². The number of Topliss-reactive ketones (excluding diaryl/α,β-unsaturated/α-hetero) is 1. The molecule has 1 unspecified atom stereocenters. The summed E-state index contributed by atoms with van der Waals surface area (Å²) in [5.41, 5.74) is -0.618. The first-order valence-corrected chi connectivity index (χ1v) is 7.27. The Morgan fingerprint density at radius 3 is 2.89 bits per heavy atom. The van der Waals surface area contributed by atoms with Gasteiger partial charge >= 0.3 is 0 Å². The minimum atomic E-state index is -0.618. The molecule has 2 rings (SSSR count). The number of fused-ring (bicyclic) bond motifs is 2. The van der Waals surface area contributed by atoms with E-state index in [0.29, 0.717) is 11.9 Å². The fraction of sp³-hybridized carbons (Fsp3) is 0.769. The lowest BCUT2D eigenvalue weighted by atomic mass is 9.80. The highest BCUT2D eigenvalue weighted by molar-refractivity contribution is 9.09. The molecule has 102 valence electrons. The van der Waals surface area contributed by atoms with Gasteiger partial charge in [0, 0.05) is 13.0 Å². The SMILES string of the molecule is COC(CBr)OC[C@@]12C=C[C@@H](O1)[C@H](C)C(=O)[C@@H]2C. The summed E-state index contributed by atoms with van der Waals surface area (Å²) in [6, 6.07) is 0. The van der Waals surface area contributed by atoms with E-state index in [0.717, 1.165) is 0 Å². The second kappa shape index (κ2) is 5.41. The third-order valence-electron chi connectivity index (χ3n) is 3.91. The van der Waals surface area contributed by atoms with Gasteiger partial charge in [-0.2, -0.15) is 0 Å². The molecule has 0 aromatic carbocycles. The van der Waals surface area contributed by atoms with Crippen LogP contribution in [-0.2, 0) is 19.0 Å². The fourth-order valence-corrected chi connectivity index (χ4v) is 2.96. The van der Waals surface area contributed by atoms with Crippen molar-refractivity contribution in [2.75, 3.05) is 19.0 Å². The molecule has 0 amide bonds. The molecule has 1 fully saturated rings. The summed E-state index contributed by atoms with van der Waals surface area (Å²) >= 11 is 3.31. The number of hydrogen-bond donors (Lipinski definition) is 0. The molecule has 2 heterocycles. The summed E-state index contributed by atoms with van der Waals surface area (Å²) < 4.78 is 16.8. The van der Waals surface area contributed by atoms with Crippen LogP contribution in [0.15, 0.2) is 12.2 Å². The van der Waals surface area contributed by atoms with Gasteiger partial charge in [0.25, 0.3) is 0 Å². The van der Waals surface area contributed by atoms with E-state index in [1.807, 2.05) is 26.0 Å². The second-order valence-corrected chi connectivity index (χ2v) is 5.59. The van der Waals surface area contributed by atoms with Gasteiger partial charge in [-0.05, 0) is 0 Å². The van der Waals surface area contributed by atoms with E-state index in [1.165, 1.54) is 0 Å². The maximum absolute atomic E-state index is 12.2. The van der Waals surface area contributed by atoms with Crippen molar-refractivity contribution in [3.63, 3.8) is 0 Å². The Morgan fingerprint density at radius 2 is 2.28 bits per heavy atom. The van der Waals surface area contributed by atoms with Crippen LogP contribution in [0.2, 0.25) is 0 Å². The summed E-state index contributed by atoms with van der Waals surface area (Å²) in [6.07, 6.45) is 3.52. The molecule has 1 saturated heterocycles. The molecule has 5 atom stereocenters. The third-order valence-corrected chi connectivity index (χ3v) is 4.44. The number of carbonyl (C=O) groups excluding carboxylic acids is 1. The smallest absolute Gasteiger partial charge is 0.166 e. The van der Waals surface area contributed by atoms with Crippen LogP contribution in [0.4, 0.5) is 0 Å². The summed E-state index contributed by atoms with van der Waals surface area (Å²) in [6.45, 7) is 4.16. The molecule has 0 aliphatic carbocycles. The van der Waals surface area contributed by atoms with E-state index in [9.17, 15) is 4.79 Å². The molecule has 2 aliphatic rings. The lowest BCUT2D eigenvalue weighted by Crippen LogP contribution is -2.53. The maximum atomic E-state index is 12.2. The van der Waals surface area contributed by atoms with Crippen molar-refractivity contribution in [3.05, 3.63) is 12.2 Å². The molecule has 2 bridgehead atoms. The van der Waals surface area contributed by atoms with Crippen molar-refractivity contribution in [1.82, 2.24) is 0 Å². The summed E-state index contributed by atoms with van der Waals surface area (Å²) in [7, 11) is 1.59. The molecule has 0 spiro atoms. The average molecular weight is 319 g/mol. The minimum absolute atomic E-state index is 0.0683. The zero-order valence-electron chi connectivity index (χ0n) is 10.9. The van der Waals surface area contributed by atoms with Gasteiger partial charge in [-0.3, -0.25) is 4.79 Å². The van der Waals surface area contributed by atoms with E-state index >= 15 is 0 Å². The Bertz CT molecular complexity index is 353. The number of ether oxygens (including phenoxy) is 3. The van der Waals surface area contributed by atoms with Gasteiger partial charge < -0.3 is 14.2 Å². The van der Waals surface area contributed by atoms with Gasteiger partial charge in [-0.25, -0.2) is 0 Å². The van der Waals surface area contributed by atoms with Crippen LogP contribution in [0, 0.1) is 11.8 Å². The van der Waals surface area contributed by atoms with Crippen LogP contribution in [-0.4, -0.2) is 42.8 Å². The Kier molecular flexibility index (Phi) is 4.26. The first kappa shape index (κ1) is 14.2. The highest BCUT2D eigenvalue weighted by atomic mass is 79.9. The van der Waals surface area contributed by atoms with Crippen molar-refractivity contribution >= 4 is 21.7 Å². The Hall–Kier alpha value is -0.230. The first-order valence-electron chi connectivity index (χ1n) is 6.15. The van der Waals surface area contributed by atoms with E-state index in [-0.39, 0.29) is 30.0 Å². The molecular formula is C13H19BrO4. The summed E-state index contributed by atoms with van der Waals surface area (Å²) in [5, 5.41) is 0.589. The maximum Gasteiger partial charge on any atom is 0.166 e. The zero-order valence-corrected chi connectivity index (χ0v) is 12.5. The standard InChI is InChI=1S/C13H19BrO4/c1-8-10-4-5-13(18-10,9(2)12(8)15)7-17-11(6-14)16-3/h4-5,8-11H,6-7H2,1-3H3/t8-,9-,10+,11?,13+/m0/s1. The number of ketones is 1. The topological polar surface area (TPSA) is 44.8 Å². The van der Waals surface area contributed by atoms with Crippen molar-refractivity contribution in [2.45, 2.75) is 31.8 Å². The van der Waals surface area contributed by atoms with Crippen LogP contribution in [0.1, 0.15) is 13.8 Å².